The molecule has 2 amide bonds. The Balaban J connectivity index is 1.79. The maximum absolute atomic E-state index is 12.9. The number of allylic oxidation sites excluding steroid dienone is 1. The van der Waals surface area contributed by atoms with Crippen molar-refractivity contribution in [2.75, 3.05) is 12.4 Å². The number of nitrogens with one attached hydrogen (secondary N) is 2. The summed E-state index contributed by atoms with van der Waals surface area (Å²) < 4.78 is 10.9. The number of ether oxygens (including phenoxy) is 2. The highest BCUT2D eigenvalue weighted by molar-refractivity contribution is 6.00. The predicted octanol–water partition coefficient (Wildman–Crippen LogP) is 5.32. The van der Waals surface area contributed by atoms with E-state index in [1.807, 2.05) is 43.3 Å². The minimum Gasteiger partial charge on any atom is -0.504 e. The van der Waals surface area contributed by atoms with Gasteiger partial charge in [0.2, 0.25) is 0 Å². The van der Waals surface area contributed by atoms with E-state index in [2.05, 4.69) is 5.32 Å². The highest BCUT2D eigenvalue weighted by Gasteiger charge is 2.25. The molecule has 4 N–H and O–H groups in total. The lowest BCUT2D eigenvalue weighted by atomic mass is 9.92. The van der Waals surface area contributed by atoms with E-state index in [0.29, 0.717) is 29.8 Å². The molecule has 0 unspecified atom stereocenters. The van der Waals surface area contributed by atoms with Crippen molar-refractivity contribution in [1.29, 1.82) is 0 Å². The number of carbonyl (C=O) groups excluding carboxylic acids is 2. The zero-order valence-electron chi connectivity index (χ0n) is 19.0. The Morgan fingerprint density at radius 2 is 1.85 bits per heavy atom. The Labute approximate surface area is 197 Å². The first-order valence-corrected chi connectivity index (χ1v) is 10.9. The topological polar surface area (TPSA) is 117 Å². The summed E-state index contributed by atoms with van der Waals surface area (Å²) in [4.78, 5) is 24.1. The van der Waals surface area contributed by atoms with Crippen LogP contribution in [0.3, 0.4) is 0 Å². The first-order chi connectivity index (χ1) is 16.4. The second-order valence-electron chi connectivity index (χ2n) is 7.84. The van der Waals surface area contributed by atoms with Crippen LogP contribution in [0, 0.1) is 5.92 Å². The molecule has 0 saturated heterocycles. The fourth-order valence-corrected chi connectivity index (χ4v) is 3.72. The van der Waals surface area contributed by atoms with Gasteiger partial charge in [0.15, 0.2) is 11.5 Å². The quantitative estimate of drug-likeness (QED) is 0.193. The first-order valence-electron chi connectivity index (χ1n) is 10.9. The smallest absolute Gasteiger partial charge is 0.412 e. The van der Waals surface area contributed by atoms with Crippen LogP contribution in [-0.4, -0.2) is 29.4 Å². The van der Waals surface area contributed by atoms with Gasteiger partial charge in [-0.15, -0.1) is 0 Å². The summed E-state index contributed by atoms with van der Waals surface area (Å²) in [6.07, 6.45) is 2.65. The summed E-state index contributed by atoms with van der Waals surface area (Å²) in [5.41, 5.74) is 2.77. The third kappa shape index (κ3) is 6.26. The van der Waals surface area contributed by atoms with E-state index in [1.54, 1.807) is 24.3 Å². The van der Waals surface area contributed by atoms with Crippen LogP contribution in [-0.2, 0) is 9.53 Å². The molecule has 0 bridgehead atoms. The molecule has 8 heteroatoms. The van der Waals surface area contributed by atoms with Crippen LogP contribution in [0.1, 0.15) is 31.4 Å². The number of aromatic hydroxyl groups is 1. The number of phenols is 1. The Morgan fingerprint density at radius 3 is 2.59 bits per heavy atom. The second kappa shape index (κ2) is 11.7. The minimum absolute atomic E-state index is 0.0604. The maximum atomic E-state index is 12.9. The molecule has 0 aromatic heterocycles. The molecule has 0 fully saturated rings. The summed E-state index contributed by atoms with van der Waals surface area (Å²) >= 11 is 0. The van der Waals surface area contributed by atoms with Crippen LogP contribution >= 0.6 is 0 Å². The van der Waals surface area contributed by atoms with Crippen molar-refractivity contribution in [3.8, 4) is 11.5 Å². The lowest BCUT2D eigenvalue weighted by molar-refractivity contribution is -0.124. The molecule has 0 aliphatic heterocycles. The van der Waals surface area contributed by atoms with E-state index < -0.39 is 18.1 Å². The average molecular weight is 465 g/mol. The number of anilines is 1. The summed E-state index contributed by atoms with van der Waals surface area (Å²) in [5, 5.41) is 23.5. The lowest BCUT2D eigenvalue weighted by Crippen LogP contribution is -2.22. The van der Waals surface area contributed by atoms with Gasteiger partial charge in [0.1, 0.15) is 6.10 Å². The second-order valence-corrected chi connectivity index (χ2v) is 7.84. The molecule has 2 atom stereocenters. The van der Waals surface area contributed by atoms with Crippen LogP contribution in [0.4, 0.5) is 10.5 Å². The van der Waals surface area contributed by atoms with E-state index in [9.17, 15) is 14.7 Å². The summed E-state index contributed by atoms with van der Waals surface area (Å²) in [6.45, 7) is 1.91. The van der Waals surface area contributed by atoms with E-state index in [4.69, 9.17) is 14.7 Å². The van der Waals surface area contributed by atoms with E-state index in [0.717, 1.165) is 10.8 Å². The van der Waals surface area contributed by atoms with Crippen molar-refractivity contribution in [3.63, 3.8) is 0 Å². The maximum Gasteiger partial charge on any atom is 0.412 e. The van der Waals surface area contributed by atoms with E-state index in [1.165, 1.54) is 24.7 Å². The molecule has 8 nitrogen and oxygen atoms in total. The van der Waals surface area contributed by atoms with E-state index >= 15 is 0 Å². The number of fused-ring (bicyclic) bond motifs is 1. The van der Waals surface area contributed by atoms with Gasteiger partial charge in [0.25, 0.3) is 5.91 Å². The fourth-order valence-electron chi connectivity index (χ4n) is 3.72. The molecule has 0 radical (unpaired) electrons. The number of amides is 2. The Bertz CT molecular complexity index is 1170. The van der Waals surface area contributed by atoms with Crippen molar-refractivity contribution in [2.45, 2.75) is 25.9 Å². The van der Waals surface area contributed by atoms with Gasteiger partial charge in [-0.25, -0.2) is 10.3 Å². The molecule has 3 aromatic rings. The van der Waals surface area contributed by atoms with Crippen molar-refractivity contribution >= 4 is 28.5 Å². The fraction of sp³-hybridized carbons (Fsp3) is 0.231. The molecule has 0 aliphatic rings. The van der Waals surface area contributed by atoms with Crippen LogP contribution in [0.15, 0.2) is 72.8 Å². The van der Waals surface area contributed by atoms with Gasteiger partial charge in [-0.1, -0.05) is 55.5 Å². The molecular formula is C26H28N2O6. The van der Waals surface area contributed by atoms with Gasteiger partial charge in [-0.3, -0.25) is 15.3 Å². The van der Waals surface area contributed by atoms with Crippen molar-refractivity contribution in [1.82, 2.24) is 5.48 Å². The minimum atomic E-state index is -0.674. The summed E-state index contributed by atoms with van der Waals surface area (Å²) in [7, 11) is 1.46. The molecular weight excluding hydrogens is 436 g/mol. The van der Waals surface area contributed by atoms with Gasteiger partial charge < -0.3 is 14.6 Å². The summed E-state index contributed by atoms with van der Waals surface area (Å²) in [6, 6.07) is 18.2. The van der Waals surface area contributed by atoms with Crippen LogP contribution in [0.2, 0.25) is 0 Å². The third-order valence-corrected chi connectivity index (χ3v) is 5.48. The number of rotatable bonds is 9. The number of methoxy groups -OCH3 is 1. The van der Waals surface area contributed by atoms with Gasteiger partial charge in [-0.05, 0) is 47.9 Å². The monoisotopic (exact) mass is 464 g/mol. The number of benzene rings is 3. The van der Waals surface area contributed by atoms with Crippen molar-refractivity contribution < 1.29 is 29.4 Å². The van der Waals surface area contributed by atoms with E-state index in [-0.39, 0.29) is 11.7 Å². The standard InChI is InChI=1S/C26H28N2O6/c1-17(8-3-6-13-24(30)28-32)25(19-14-15-23(33-2)22(29)16-19)34-26(31)27-21-12-7-10-18-9-4-5-11-20(18)21/h4-7,9-17,25,29,32H,3,8H2,1-2H3,(H,27,31)(H,28,30)/b13-6+/t17-,25-/m1/s1. The molecule has 0 aliphatic carbocycles. The molecule has 0 saturated carbocycles. The van der Waals surface area contributed by atoms with Gasteiger partial charge in [-0.2, -0.15) is 0 Å². The Morgan fingerprint density at radius 1 is 1.09 bits per heavy atom. The van der Waals surface area contributed by atoms with Gasteiger partial charge in [0, 0.05) is 11.5 Å². The predicted molar refractivity (Wildman–Crippen MR) is 129 cm³/mol. The van der Waals surface area contributed by atoms with Crippen LogP contribution in [0.5, 0.6) is 11.5 Å². The number of carbonyl (C=O) groups is 2. The number of hydrogen-bond donors (Lipinski definition) is 4. The number of phenolic OH excluding ortho intramolecular Hbond substituents is 1. The number of hydrogen-bond acceptors (Lipinski definition) is 6. The zero-order chi connectivity index (χ0) is 24.5. The van der Waals surface area contributed by atoms with Crippen LogP contribution < -0.4 is 15.5 Å². The molecule has 34 heavy (non-hydrogen) atoms. The average Bonchev–Trinajstić information content (AvgIpc) is 2.85. The zero-order valence-corrected chi connectivity index (χ0v) is 19.0. The normalized spacial score (nSPS) is 12.8. The van der Waals surface area contributed by atoms with Crippen LogP contribution in [0.25, 0.3) is 10.8 Å². The third-order valence-electron chi connectivity index (χ3n) is 5.48. The SMILES string of the molecule is COc1ccc([C@H](OC(=O)Nc2cccc3ccccc23)[C@H](C)CC/C=C/C(=O)NO)cc1O. The largest absolute Gasteiger partial charge is 0.504 e. The molecule has 3 rings (SSSR count). The summed E-state index contributed by atoms with van der Waals surface area (Å²) in [5.74, 6) is -0.522. The lowest BCUT2D eigenvalue weighted by Gasteiger charge is -2.25. The molecule has 3 aromatic carbocycles. The number of hydroxylamine groups is 1. The first kappa shape index (κ1) is 24.6. The Kier molecular flexibility index (Phi) is 8.48. The highest BCUT2D eigenvalue weighted by atomic mass is 16.6. The molecule has 178 valence electrons. The van der Waals surface area contributed by atoms with Crippen molar-refractivity contribution in [2.24, 2.45) is 5.92 Å². The Hall–Kier alpha value is -4.04. The van der Waals surface area contributed by atoms with Crippen molar-refractivity contribution in [3.05, 3.63) is 78.4 Å². The van der Waals surface area contributed by atoms with Gasteiger partial charge >= 0.3 is 6.09 Å². The molecule has 0 spiro atoms. The highest BCUT2D eigenvalue weighted by Crippen LogP contribution is 2.35. The molecule has 0 heterocycles. The van der Waals surface area contributed by atoms with Gasteiger partial charge in [0.05, 0.1) is 12.8 Å².